The number of esters is 1. The van der Waals surface area contributed by atoms with E-state index in [0.717, 1.165) is 25.3 Å². The van der Waals surface area contributed by atoms with Crippen molar-refractivity contribution in [2.75, 3.05) is 12.4 Å². The van der Waals surface area contributed by atoms with Crippen molar-refractivity contribution in [3.8, 4) is 0 Å². The number of ether oxygens (including phenoxy) is 1. The highest BCUT2D eigenvalue weighted by Crippen LogP contribution is 2.21. The molecule has 7 heteroatoms. The second-order valence-corrected chi connectivity index (χ2v) is 4.27. The molecule has 1 N–H and O–H groups in total. The van der Waals surface area contributed by atoms with Crippen molar-refractivity contribution in [3.05, 3.63) is 65.0 Å². The van der Waals surface area contributed by atoms with Crippen LogP contribution in [0.25, 0.3) is 0 Å². The Kier molecular flexibility index (Phi) is 4.45. The van der Waals surface area contributed by atoms with E-state index in [1.165, 1.54) is 12.1 Å². The zero-order valence-electron chi connectivity index (χ0n) is 11.3. The van der Waals surface area contributed by atoms with E-state index in [-0.39, 0.29) is 5.56 Å². The standard InChI is InChI=1S/C15H10F3NO3/c1-22-15(21)10-6-13(12(18)7-11(10)17)19-14(20)8-3-2-4-9(16)5-8/h2-7H,1H3,(H,19,20). The molecule has 114 valence electrons. The number of anilines is 1. The lowest BCUT2D eigenvalue weighted by Gasteiger charge is -2.09. The third-order valence-electron chi connectivity index (χ3n) is 2.80. The fourth-order valence-electron chi connectivity index (χ4n) is 1.74. The van der Waals surface area contributed by atoms with Crippen molar-refractivity contribution in [1.29, 1.82) is 0 Å². The van der Waals surface area contributed by atoms with E-state index in [9.17, 15) is 22.8 Å². The number of halogens is 3. The number of rotatable bonds is 3. The Balaban J connectivity index is 2.33. The van der Waals surface area contributed by atoms with Crippen LogP contribution in [0.15, 0.2) is 36.4 Å². The highest BCUT2D eigenvalue weighted by molar-refractivity contribution is 6.05. The Labute approximate surface area is 123 Å². The summed E-state index contributed by atoms with van der Waals surface area (Å²) in [6, 6.07) is 6.00. The summed E-state index contributed by atoms with van der Waals surface area (Å²) in [5, 5.41) is 2.15. The van der Waals surface area contributed by atoms with Crippen molar-refractivity contribution in [3.63, 3.8) is 0 Å². The Bertz CT molecular complexity index is 747. The maximum Gasteiger partial charge on any atom is 0.340 e. The number of benzene rings is 2. The minimum atomic E-state index is -1.12. The highest BCUT2D eigenvalue weighted by atomic mass is 19.1. The molecule has 4 nitrogen and oxygen atoms in total. The van der Waals surface area contributed by atoms with Gasteiger partial charge >= 0.3 is 5.97 Å². The molecule has 0 bridgehead atoms. The largest absolute Gasteiger partial charge is 0.465 e. The number of hydrogen-bond donors (Lipinski definition) is 1. The van der Waals surface area contributed by atoms with E-state index < -0.39 is 40.6 Å². The second-order valence-electron chi connectivity index (χ2n) is 4.27. The van der Waals surface area contributed by atoms with Crippen LogP contribution in [0.4, 0.5) is 18.9 Å². The number of hydrogen-bond acceptors (Lipinski definition) is 3. The van der Waals surface area contributed by atoms with E-state index in [0.29, 0.717) is 6.07 Å². The van der Waals surface area contributed by atoms with Crippen molar-refractivity contribution in [2.24, 2.45) is 0 Å². The first-order valence-corrected chi connectivity index (χ1v) is 6.06. The molecule has 0 spiro atoms. The minimum absolute atomic E-state index is 0.0525. The predicted molar refractivity (Wildman–Crippen MR) is 72.1 cm³/mol. The first-order chi connectivity index (χ1) is 10.4. The summed E-state index contributed by atoms with van der Waals surface area (Å²) in [4.78, 5) is 23.3. The topological polar surface area (TPSA) is 55.4 Å². The fraction of sp³-hybridized carbons (Fsp3) is 0.0667. The fourth-order valence-corrected chi connectivity index (χ4v) is 1.74. The number of carbonyl (C=O) groups is 2. The molecule has 0 atom stereocenters. The van der Waals surface area contributed by atoms with Crippen LogP contribution in [0.3, 0.4) is 0 Å². The van der Waals surface area contributed by atoms with Crippen LogP contribution in [0.5, 0.6) is 0 Å². The van der Waals surface area contributed by atoms with Crippen molar-refractivity contribution < 1.29 is 27.5 Å². The molecule has 0 saturated heterocycles. The number of methoxy groups -OCH3 is 1. The van der Waals surface area contributed by atoms with Crippen LogP contribution in [0.1, 0.15) is 20.7 Å². The quantitative estimate of drug-likeness (QED) is 0.886. The Hall–Kier alpha value is -2.83. The number of nitrogens with one attached hydrogen (secondary N) is 1. The maximum atomic E-state index is 13.7. The lowest BCUT2D eigenvalue weighted by molar-refractivity contribution is 0.0595. The molecule has 2 aromatic rings. The third-order valence-corrected chi connectivity index (χ3v) is 2.80. The van der Waals surface area contributed by atoms with Gasteiger partial charge in [0, 0.05) is 11.6 Å². The molecule has 0 saturated carbocycles. The second kappa shape index (κ2) is 6.30. The molecule has 0 aliphatic heterocycles. The van der Waals surface area contributed by atoms with Gasteiger partial charge in [-0.3, -0.25) is 4.79 Å². The van der Waals surface area contributed by atoms with Crippen LogP contribution in [0, 0.1) is 17.5 Å². The van der Waals surface area contributed by atoms with Crippen LogP contribution >= 0.6 is 0 Å². The van der Waals surface area contributed by atoms with Gasteiger partial charge in [-0.05, 0) is 24.3 Å². The maximum absolute atomic E-state index is 13.7. The van der Waals surface area contributed by atoms with Gasteiger partial charge in [-0.25, -0.2) is 18.0 Å². The van der Waals surface area contributed by atoms with E-state index in [1.54, 1.807) is 0 Å². The summed E-state index contributed by atoms with van der Waals surface area (Å²) in [6.45, 7) is 0. The van der Waals surface area contributed by atoms with Gasteiger partial charge in [0.15, 0.2) is 0 Å². The van der Waals surface area contributed by atoms with Gasteiger partial charge in [-0.15, -0.1) is 0 Å². The van der Waals surface area contributed by atoms with Gasteiger partial charge in [0.05, 0.1) is 18.4 Å². The Morgan fingerprint density at radius 3 is 2.41 bits per heavy atom. The van der Waals surface area contributed by atoms with Gasteiger partial charge in [-0.2, -0.15) is 0 Å². The van der Waals surface area contributed by atoms with Crippen LogP contribution in [0.2, 0.25) is 0 Å². The molecule has 0 aliphatic rings. The SMILES string of the molecule is COC(=O)c1cc(NC(=O)c2cccc(F)c2)c(F)cc1F. The van der Waals surface area contributed by atoms with Gasteiger partial charge < -0.3 is 10.1 Å². The Morgan fingerprint density at radius 1 is 1.05 bits per heavy atom. The van der Waals surface area contributed by atoms with Crippen molar-refractivity contribution in [2.45, 2.75) is 0 Å². The highest BCUT2D eigenvalue weighted by Gasteiger charge is 2.18. The third kappa shape index (κ3) is 3.25. The van der Waals surface area contributed by atoms with Crippen LogP contribution in [-0.2, 0) is 4.74 Å². The lowest BCUT2D eigenvalue weighted by Crippen LogP contribution is -2.15. The molecule has 0 aliphatic carbocycles. The molecule has 0 radical (unpaired) electrons. The molecule has 0 aromatic heterocycles. The predicted octanol–water partition coefficient (Wildman–Crippen LogP) is 3.14. The molecule has 1 amide bonds. The first-order valence-electron chi connectivity index (χ1n) is 6.06. The van der Waals surface area contributed by atoms with E-state index in [2.05, 4.69) is 10.1 Å². The summed E-state index contributed by atoms with van der Waals surface area (Å²) >= 11 is 0. The summed E-state index contributed by atoms with van der Waals surface area (Å²) in [5.41, 5.74) is -1.00. The molecular formula is C15H10F3NO3. The smallest absolute Gasteiger partial charge is 0.340 e. The van der Waals surface area contributed by atoms with Crippen LogP contribution in [-0.4, -0.2) is 19.0 Å². The van der Waals surface area contributed by atoms with E-state index >= 15 is 0 Å². The number of carbonyl (C=O) groups excluding carboxylic acids is 2. The molecule has 2 aromatic carbocycles. The minimum Gasteiger partial charge on any atom is -0.465 e. The average Bonchev–Trinajstić information content (AvgIpc) is 2.49. The molecule has 2 rings (SSSR count). The average molecular weight is 309 g/mol. The van der Waals surface area contributed by atoms with Gasteiger partial charge in [0.2, 0.25) is 0 Å². The summed E-state index contributed by atoms with van der Waals surface area (Å²) in [7, 11) is 1.04. The Morgan fingerprint density at radius 2 is 1.77 bits per heavy atom. The zero-order valence-corrected chi connectivity index (χ0v) is 11.3. The number of amides is 1. The van der Waals surface area contributed by atoms with Gasteiger partial charge in [0.25, 0.3) is 5.91 Å². The zero-order chi connectivity index (χ0) is 16.3. The van der Waals surface area contributed by atoms with E-state index in [1.807, 2.05) is 0 Å². The van der Waals surface area contributed by atoms with E-state index in [4.69, 9.17) is 0 Å². The summed E-state index contributed by atoms with van der Waals surface area (Å²) in [6.07, 6.45) is 0. The summed E-state index contributed by atoms with van der Waals surface area (Å²) in [5.74, 6) is -4.65. The van der Waals surface area contributed by atoms with Gasteiger partial charge in [-0.1, -0.05) is 6.07 Å². The van der Waals surface area contributed by atoms with Crippen molar-refractivity contribution >= 4 is 17.6 Å². The monoisotopic (exact) mass is 309 g/mol. The molecule has 0 heterocycles. The summed E-state index contributed by atoms with van der Waals surface area (Å²) < 4.78 is 44.6. The molecular weight excluding hydrogens is 299 g/mol. The molecule has 0 fully saturated rings. The normalized spacial score (nSPS) is 10.2. The molecule has 0 unspecified atom stereocenters. The van der Waals surface area contributed by atoms with Gasteiger partial charge in [0.1, 0.15) is 17.5 Å². The lowest BCUT2D eigenvalue weighted by atomic mass is 10.1. The molecule has 22 heavy (non-hydrogen) atoms. The van der Waals surface area contributed by atoms with Crippen LogP contribution < -0.4 is 5.32 Å². The first kappa shape index (κ1) is 15.6. The van der Waals surface area contributed by atoms with Crippen molar-refractivity contribution in [1.82, 2.24) is 0 Å².